The summed E-state index contributed by atoms with van der Waals surface area (Å²) in [5, 5.41) is 14.3. The van der Waals surface area contributed by atoms with Crippen molar-refractivity contribution in [3.8, 4) is 0 Å². The second-order valence-corrected chi connectivity index (χ2v) is 5.67. The van der Waals surface area contributed by atoms with Gasteiger partial charge in [-0.2, -0.15) is 0 Å². The number of furan rings is 1. The van der Waals surface area contributed by atoms with E-state index >= 15 is 0 Å². The van der Waals surface area contributed by atoms with Crippen molar-refractivity contribution in [3.63, 3.8) is 0 Å². The molecule has 3 N–H and O–H groups in total. The van der Waals surface area contributed by atoms with E-state index in [1.54, 1.807) is 0 Å². The van der Waals surface area contributed by atoms with Crippen molar-refractivity contribution >= 4 is 12.0 Å². The average molecular weight is 296 g/mol. The fraction of sp³-hybridized carbons (Fsp3) is 0.600. The van der Waals surface area contributed by atoms with Gasteiger partial charge in [-0.1, -0.05) is 13.8 Å². The number of aryl methyl sites for hydroxylation is 1. The monoisotopic (exact) mass is 296 g/mol. The number of carbonyl (C=O) groups is 2. The third kappa shape index (κ3) is 7.39. The molecule has 21 heavy (non-hydrogen) atoms. The number of rotatable bonds is 8. The normalized spacial score (nSPS) is 12.2. The Morgan fingerprint density at radius 2 is 2.00 bits per heavy atom. The van der Waals surface area contributed by atoms with E-state index < -0.39 is 5.97 Å². The molecule has 0 radical (unpaired) electrons. The van der Waals surface area contributed by atoms with Gasteiger partial charge in [0.2, 0.25) is 0 Å². The molecule has 0 fully saturated rings. The van der Waals surface area contributed by atoms with Crippen molar-refractivity contribution in [3.05, 3.63) is 23.7 Å². The van der Waals surface area contributed by atoms with Gasteiger partial charge in [0.05, 0.1) is 6.54 Å². The average Bonchev–Trinajstić information content (AvgIpc) is 2.78. The summed E-state index contributed by atoms with van der Waals surface area (Å²) in [6.07, 6.45) is 0.833. The minimum atomic E-state index is -0.839. The van der Waals surface area contributed by atoms with E-state index in [0.29, 0.717) is 24.8 Å². The Balaban J connectivity index is 2.33. The molecule has 1 rings (SSSR count). The zero-order valence-electron chi connectivity index (χ0n) is 12.8. The van der Waals surface area contributed by atoms with Gasteiger partial charge in [0.25, 0.3) is 0 Å². The first-order valence-electron chi connectivity index (χ1n) is 7.15. The number of carboxylic acids is 1. The van der Waals surface area contributed by atoms with Crippen LogP contribution in [0.2, 0.25) is 0 Å². The Morgan fingerprint density at radius 1 is 1.29 bits per heavy atom. The number of carbonyl (C=O) groups excluding carboxylic acids is 1. The van der Waals surface area contributed by atoms with E-state index in [2.05, 4.69) is 10.6 Å². The quantitative estimate of drug-likeness (QED) is 0.687. The molecule has 0 saturated carbocycles. The first-order valence-corrected chi connectivity index (χ1v) is 7.15. The Hall–Kier alpha value is -1.98. The highest BCUT2D eigenvalue weighted by Crippen LogP contribution is 2.14. The SMILES string of the molecule is Cc1ccc(CNC(=O)NCC(CC(=O)O)CC(C)C)o1. The van der Waals surface area contributed by atoms with Gasteiger partial charge in [-0.15, -0.1) is 0 Å². The summed E-state index contributed by atoms with van der Waals surface area (Å²) >= 11 is 0. The van der Waals surface area contributed by atoms with Crippen LogP contribution in [-0.4, -0.2) is 23.7 Å². The molecule has 0 aromatic carbocycles. The van der Waals surface area contributed by atoms with E-state index in [1.807, 2.05) is 32.9 Å². The van der Waals surface area contributed by atoms with E-state index in [-0.39, 0.29) is 18.4 Å². The molecule has 6 heteroatoms. The summed E-state index contributed by atoms with van der Waals surface area (Å²) in [7, 11) is 0. The second kappa shape index (κ2) is 8.34. The van der Waals surface area contributed by atoms with Crippen LogP contribution >= 0.6 is 0 Å². The lowest BCUT2D eigenvalue weighted by Crippen LogP contribution is -2.38. The summed E-state index contributed by atoms with van der Waals surface area (Å²) in [4.78, 5) is 22.5. The molecule has 1 heterocycles. The second-order valence-electron chi connectivity index (χ2n) is 5.67. The zero-order chi connectivity index (χ0) is 15.8. The van der Waals surface area contributed by atoms with Crippen molar-refractivity contribution < 1.29 is 19.1 Å². The standard InChI is InChI=1S/C15H24N2O4/c1-10(2)6-12(7-14(18)19)8-16-15(20)17-9-13-5-4-11(3)21-13/h4-5,10,12H,6-9H2,1-3H3,(H,18,19)(H2,16,17,20). The van der Waals surface area contributed by atoms with Gasteiger partial charge >= 0.3 is 12.0 Å². The van der Waals surface area contributed by atoms with Crippen LogP contribution in [-0.2, 0) is 11.3 Å². The van der Waals surface area contributed by atoms with Crippen molar-refractivity contribution in [2.24, 2.45) is 11.8 Å². The first-order chi connectivity index (χ1) is 9.86. The Morgan fingerprint density at radius 3 is 2.52 bits per heavy atom. The predicted molar refractivity (Wildman–Crippen MR) is 78.9 cm³/mol. The summed E-state index contributed by atoms with van der Waals surface area (Å²) in [6, 6.07) is 3.32. The van der Waals surface area contributed by atoms with E-state index in [9.17, 15) is 9.59 Å². The van der Waals surface area contributed by atoms with Crippen LogP contribution in [0.1, 0.15) is 38.2 Å². The maximum Gasteiger partial charge on any atom is 0.315 e. The fourth-order valence-electron chi connectivity index (χ4n) is 2.20. The van der Waals surface area contributed by atoms with Gasteiger partial charge in [-0.05, 0) is 37.3 Å². The molecule has 1 unspecified atom stereocenters. The van der Waals surface area contributed by atoms with E-state index in [4.69, 9.17) is 9.52 Å². The smallest absolute Gasteiger partial charge is 0.315 e. The molecule has 0 aliphatic rings. The highest BCUT2D eigenvalue weighted by Gasteiger charge is 2.16. The van der Waals surface area contributed by atoms with Crippen LogP contribution in [0.25, 0.3) is 0 Å². The molecule has 0 spiro atoms. The van der Waals surface area contributed by atoms with Gasteiger partial charge in [-0.3, -0.25) is 4.79 Å². The lowest BCUT2D eigenvalue weighted by Gasteiger charge is -2.17. The molecule has 6 nitrogen and oxygen atoms in total. The van der Waals surface area contributed by atoms with E-state index in [0.717, 1.165) is 12.2 Å². The van der Waals surface area contributed by atoms with Crippen LogP contribution < -0.4 is 10.6 Å². The number of hydrogen-bond donors (Lipinski definition) is 3. The van der Waals surface area contributed by atoms with Crippen molar-refractivity contribution in [2.75, 3.05) is 6.54 Å². The number of hydrogen-bond acceptors (Lipinski definition) is 3. The molecule has 2 amide bonds. The van der Waals surface area contributed by atoms with Crippen LogP contribution in [0.5, 0.6) is 0 Å². The topological polar surface area (TPSA) is 91.6 Å². The highest BCUT2D eigenvalue weighted by atomic mass is 16.4. The van der Waals surface area contributed by atoms with Crippen molar-refractivity contribution in [2.45, 2.75) is 40.2 Å². The van der Waals surface area contributed by atoms with Gasteiger partial charge in [0.1, 0.15) is 11.5 Å². The number of nitrogens with one attached hydrogen (secondary N) is 2. The highest BCUT2D eigenvalue weighted by molar-refractivity contribution is 5.74. The molecule has 0 saturated heterocycles. The third-order valence-corrected chi connectivity index (χ3v) is 3.04. The van der Waals surface area contributed by atoms with Gasteiger partial charge < -0.3 is 20.2 Å². The number of aliphatic carboxylic acids is 1. The van der Waals surface area contributed by atoms with Crippen molar-refractivity contribution in [1.29, 1.82) is 0 Å². The molecule has 118 valence electrons. The summed E-state index contributed by atoms with van der Waals surface area (Å²) < 4.78 is 5.34. The molecule has 0 aliphatic heterocycles. The Kier molecular flexibility index (Phi) is 6.78. The summed E-state index contributed by atoms with van der Waals surface area (Å²) in [5.41, 5.74) is 0. The fourth-order valence-corrected chi connectivity index (χ4v) is 2.20. The maximum absolute atomic E-state index is 11.7. The zero-order valence-corrected chi connectivity index (χ0v) is 12.8. The first kappa shape index (κ1) is 17.1. The lowest BCUT2D eigenvalue weighted by atomic mass is 9.94. The van der Waals surface area contributed by atoms with Gasteiger partial charge in [-0.25, -0.2) is 4.79 Å². The molecular weight excluding hydrogens is 272 g/mol. The molecule has 0 bridgehead atoms. The molecule has 1 aromatic rings. The minimum absolute atomic E-state index is 0.0564. The third-order valence-electron chi connectivity index (χ3n) is 3.04. The molecular formula is C15H24N2O4. The molecule has 1 aromatic heterocycles. The predicted octanol–water partition coefficient (Wildman–Crippen LogP) is 2.52. The van der Waals surface area contributed by atoms with Crippen LogP contribution in [0.3, 0.4) is 0 Å². The number of urea groups is 1. The van der Waals surface area contributed by atoms with Gasteiger partial charge in [0, 0.05) is 13.0 Å². The van der Waals surface area contributed by atoms with E-state index in [1.165, 1.54) is 0 Å². The molecule has 1 atom stereocenters. The number of amides is 2. The minimum Gasteiger partial charge on any atom is -0.481 e. The summed E-state index contributed by atoms with van der Waals surface area (Å²) in [5.74, 6) is 0.982. The molecule has 0 aliphatic carbocycles. The summed E-state index contributed by atoms with van der Waals surface area (Å²) in [6.45, 7) is 6.58. The van der Waals surface area contributed by atoms with Crippen LogP contribution in [0.4, 0.5) is 4.79 Å². The number of carboxylic acid groups (broad SMARTS) is 1. The lowest BCUT2D eigenvalue weighted by molar-refractivity contribution is -0.138. The van der Waals surface area contributed by atoms with Crippen molar-refractivity contribution in [1.82, 2.24) is 10.6 Å². The van der Waals surface area contributed by atoms with Gasteiger partial charge in [0.15, 0.2) is 0 Å². The van der Waals surface area contributed by atoms with Crippen LogP contribution in [0, 0.1) is 18.8 Å². The Bertz CT molecular complexity index is 468. The Labute approximate surface area is 124 Å². The largest absolute Gasteiger partial charge is 0.481 e. The van der Waals surface area contributed by atoms with Crippen LogP contribution in [0.15, 0.2) is 16.5 Å². The maximum atomic E-state index is 11.7.